The van der Waals surface area contributed by atoms with Crippen LogP contribution < -0.4 is 10.1 Å². The Balaban J connectivity index is 1.63. The first-order valence-electron chi connectivity index (χ1n) is 8.24. The van der Waals surface area contributed by atoms with E-state index in [1.165, 1.54) is 11.8 Å². The minimum absolute atomic E-state index is 0.0102. The number of carbonyl (C=O) groups excluding carboxylic acids is 2. The van der Waals surface area contributed by atoms with E-state index in [1.807, 2.05) is 60.0 Å². The Labute approximate surface area is 157 Å². The van der Waals surface area contributed by atoms with Crippen molar-refractivity contribution in [1.29, 1.82) is 0 Å². The average Bonchev–Trinajstić information content (AvgIpc) is 2.69. The molecule has 0 unspecified atom stereocenters. The molecule has 0 aromatic heterocycles. The van der Waals surface area contributed by atoms with Crippen molar-refractivity contribution < 1.29 is 14.3 Å². The molecule has 2 aromatic rings. The average molecular weight is 368 g/mol. The van der Waals surface area contributed by atoms with Gasteiger partial charge in [0, 0.05) is 6.54 Å². The summed E-state index contributed by atoms with van der Waals surface area (Å²) < 4.78 is 5.12. The summed E-state index contributed by atoms with van der Waals surface area (Å²) in [6, 6.07) is 17.1. The van der Waals surface area contributed by atoms with Gasteiger partial charge in [0.1, 0.15) is 12.3 Å². The number of amides is 2. The summed E-state index contributed by atoms with van der Waals surface area (Å²) in [6.45, 7) is 0.417. The predicted octanol–water partition coefficient (Wildman–Crippen LogP) is 2.89. The van der Waals surface area contributed by atoms with Gasteiger partial charge in [-0.15, -0.1) is 11.8 Å². The molecule has 1 aliphatic rings. The normalized spacial score (nSPS) is 14.0. The van der Waals surface area contributed by atoms with Gasteiger partial charge in [0.15, 0.2) is 0 Å². The molecule has 2 amide bonds. The number of carbonyl (C=O) groups is 2. The molecule has 1 N–H and O–H groups in total. The van der Waals surface area contributed by atoms with Gasteiger partial charge >= 0.3 is 0 Å². The van der Waals surface area contributed by atoms with Gasteiger partial charge in [-0.2, -0.15) is 0 Å². The molecule has 0 bridgehead atoms. The first-order chi connectivity index (χ1) is 12.7. The molecule has 3 rings (SSSR count). The molecular formula is C20H20N2O3S. The van der Waals surface area contributed by atoms with Crippen LogP contribution in [0.25, 0.3) is 5.70 Å². The smallest absolute Gasteiger partial charge is 0.240 e. The maximum Gasteiger partial charge on any atom is 0.240 e. The highest BCUT2D eigenvalue weighted by Crippen LogP contribution is 2.27. The van der Waals surface area contributed by atoms with E-state index in [9.17, 15) is 9.59 Å². The summed E-state index contributed by atoms with van der Waals surface area (Å²) in [5, 5.41) is 4.81. The lowest BCUT2D eigenvalue weighted by Crippen LogP contribution is -2.41. The van der Waals surface area contributed by atoms with E-state index in [2.05, 4.69) is 5.32 Å². The van der Waals surface area contributed by atoms with E-state index in [0.717, 1.165) is 22.6 Å². The molecule has 0 spiro atoms. The number of hydrogen-bond acceptors (Lipinski definition) is 4. The summed E-state index contributed by atoms with van der Waals surface area (Å²) in [4.78, 5) is 26.2. The van der Waals surface area contributed by atoms with Crippen molar-refractivity contribution in [2.45, 2.75) is 6.54 Å². The Bertz CT molecular complexity index is 804. The third kappa shape index (κ3) is 4.46. The molecular weight excluding hydrogens is 348 g/mol. The highest BCUT2D eigenvalue weighted by molar-refractivity contribution is 8.03. The fourth-order valence-corrected chi connectivity index (χ4v) is 3.42. The summed E-state index contributed by atoms with van der Waals surface area (Å²) in [5.41, 5.74) is 2.67. The molecule has 134 valence electrons. The second-order valence-corrected chi connectivity index (χ2v) is 6.64. The maximum atomic E-state index is 12.4. The molecule has 2 aromatic carbocycles. The van der Waals surface area contributed by atoms with Crippen molar-refractivity contribution in [3.05, 3.63) is 71.1 Å². The van der Waals surface area contributed by atoms with E-state index in [0.29, 0.717) is 12.3 Å². The molecule has 5 nitrogen and oxygen atoms in total. The lowest BCUT2D eigenvalue weighted by Gasteiger charge is -2.28. The molecule has 6 heteroatoms. The second kappa shape index (κ2) is 8.58. The van der Waals surface area contributed by atoms with Gasteiger partial charge in [-0.25, -0.2) is 0 Å². The second-order valence-electron chi connectivity index (χ2n) is 5.78. The Morgan fingerprint density at radius 2 is 1.88 bits per heavy atom. The number of nitrogens with zero attached hydrogens (tertiary/aromatic N) is 1. The van der Waals surface area contributed by atoms with Gasteiger partial charge in [-0.05, 0) is 28.7 Å². The Kier molecular flexibility index (Phi) is 5.96. The standard InChI is InChI=1S/C20H20N2O3S/c1-25-17-9-7-15(8-10-17)11-21-19(23)12-22-18(13-26-14-20(22)24)16-5-3-2-4-6-16/h2-10,13H,11-12,14H2,1H3,(H,21,23). The van der Waals surface area contributed by atoms with E-state index in [-0.39, 0.29) is 18.4 Å². The van der Waals surface area contributed by atoms with E-state index < -0.39 is 0 Å². The van der Waals surface area contributed by atoms with Crippen LogP contribution in [-0.2, 0) is 16.1 Å². The molecule has 0 saturated heterocycles. The first-order valence-corrected chi connectivity index (χ1v) is 9.29. The third-order valence-corrected chi connectivity index (χ3v) is 4.82. The van der Waals surface area contributed by atoms with Gasteiger partial charge in [0.05, 0.1) is 18.6 Å². The van der Waals surface area contributed by atoms with Crippen molar-refractivity contribution in [1.82, 2.24) is 10.2 Å². The lowest BCUT2D eigenvalue weighted by molar-refractivity contribution is -0.131. The van der Waals surface area contributed by atoms with E-state index in [4.69, 9.17) is 4.74 Å². The Morgan fingerprint density at radius 3 is 2.58 bits per heavy atom. The highest BCUT2D eigenvalue weighted by atomic mass is 32.2. The van der Waals surface area contributed by atoms with Crippen LogP contribution in [0, 0.1) is 0 Å². The molecule has 0 fully saturated rings. The van der Waals surface area contributed by atoms with Gasteiger partial charge in [0.25, 0.3) is 0 Å². The van der Waals surface area contributed by atoms with Crippen molar-refractivity contribution in [2.75, 3.05) is 19.4 Å². The highest BCUT2D eigenvalue weighted by Gasteiger charge is 2.25. The van der Waals surface area contributed by atoms with Gasteiger partial charge in [-0.1, -0.05) is 42.5 Å². The zero-order chi connectivity index (χ0) is 18.4. The van der Waals surface area contributed by atoms with Crippen LogP contribution >= 0.6 is 11.8 Å². The van der Waals surface area contributed by atoms with Crippen LogP contribution in [0.15, 0.2) is 60.0 Å². The Hall–Kier alpha value is -2.73. The Morgan fingerprint density at radius 1 is 1.15 bits per heavy atom. The number of rotatable bonds is 6. The maximum absolute atomic E-state index is 12.4. The number of ether oxygens (including phenoxy) is 1. The van der Waals surface area contributed by atoms with Crippen LogP contribution in [0.4, 0.5) is 0 Å². The van der Waals surface area contributed by atoms with Crippen LogP contribution in [0.5, 0.6) is 5.75 Å². The summed E-state index contributed by atoms with van der Waals surface area (Å²) >= 11 is 1.45. The quantitative estimate of drug-likeness (QED) is 0.852. The van der Waals surface area contributed by atoms with Crippen LogP contribution in [0.2, 0.25) is 0 Å². The van der Waals surface area contributed by atoms with Crippen molar-refractivity contribution in [3.8, 4) is 5.75 Å². The fourth-order valence-electron chi connectivity index (χ4n) is 2.62. The number of nitrogens with one attached hydrogen (secondary N) is 1. The molecule has 26 heavy (non-hydrogen) atoms. The van der Waals surface area contributed by atoms with E-state index >= 15 is 0 Å². The topological polar surface area (TPSA) is 58.6 Å². The molecule has 0 saturated carbocycles. The van der Waals surface area contributed by atoms with E-state index in [1.54, 1.807) is 12.0 Å². The molecule has 0 radical (unpaired) electrons. The zero-order valence-corrected chi connectivity index (χ0v) is 15.3. The molecule has 0 aliphatic carbocycles. The molecule has 0 atom stereocenters. The van der Waals surface area contributed by atoms with Crippen LogP contribution in [0.1, 0.15) is 11.1 Å². The zero-order valence-electron chi connectivity index (χ0n) is 14.5. The van der Waals surface area contributed by atoms with Gasteiger partial charge in [-0.3, -0.25) is 9.59 Å². The van der Waals surface area contributed by atoms with Crippen molar-refractivity contribution >= 4 is 29.3 Å². The number of benzene rings is 2. The summed E-state index contributed by atoms with van der Waals surface area (Å²) in [7, 11) is 1.61. The summed E-state index contributed by atoms with van der Waals surface area (Å²) in [5.74, 6) is 0.871. The minimum atomic E-state index is -0.192. The third-order valence-electron chi connectivity index (χ3n) is 4.01. The number of methoxy groups -OCH3 is 1. The number of thioether (sulfide) groups is 1. The fraction of sp³-hybridized carbons (Fsp3) is 0.200. The van der Waals surface area contributed by atoms with Crippen molar-refractivity contribution in [3.63, 3.8) is 0 Å². The lowest BCUT2D eigenvalue weighted by atomic mass is 10.1. The SMILES string of the molecule is COc1ccc(CNC(=O)CN2C(=O)CSC=C2c2ccccc2)cc1. The van der Waals surface area contributed by atoms with Crippen molar-refractivity contribution in [2.24, 2.45) is 0 Å². The summed E-state index contributed by atoms with van der Waals surface area (Å²) in [6.07, 6.45) is 0. The minimum Gasteiger partial charge on any atom is -0.497 e. The molecule has 1 heterocycles. The first kappa shape index (κ1) is 18.1. The predicted molar refractivity (Wildman–Crippen MR) is 103 cm³/mol. The van der Waals surface area contributed by atoms with Gasteiger partial charge < -0.3 is 15.0 Å². The number of hydrogen-bond donors (Lipinski definition) is 1. The molecule has 1 aliphatic heterocycles. The van der Waals surface area contributed by atoms with Gasteiger partial charge in [0.2, 0.25) is 11.8 Å². The monoisotopic (exact) mass is 368 g/mol. The largest absolute Gasteiger partial charge is 0.497 e. The van der Waals surface area contributed by atoms with Crippen LogP contribution in [-0.4, -0.2) is 36.1 Å². The van der Waals surface area contributed by atoms with Crippen LogP contribution in [0.3, 0.4) is 0 Å².